The Hall–Kier alpha value is -3.60. The standard InChI is InChI=1S/C22H25F3N4O4/c1-13(15-5-8-18(33-10-9-32-2)17(11-15)22(23,24)25)28-19(30)12-20(31)29-16-6-3-14(4-7-16)21(26)27/h3-8,11,13H,9-10,12H2,1-2H3,(H3,26,27)(H,28,30)(H,29,31). The van der Waals surface area contributed by atoms with Gasteiger partial charge in [-0.15, -0.1) is 0 Å². The van der Waals surface area contributed by atoms with E-state index in [0.29, 0.717) is 11.3 Å². The molecule has 0 saturated carbocycles. The van der Waals surface area contributed by atoms with Gasteiger partial charge in [-0.2, -0.15) is 13.2 Å². The number of halogens is 3. The van der Waals surface area contributed by atoms with Crippen LogP contribution in [0.3, 0.4) is 0 Å². The highest BCUT2D eigenvalue weighted by Crippen LogP contribution is 2.37. The van der Waals surface area contributed by atoms with E-state index in [1.54, 1.807) is 12.1 Å². The smallest absolute Gasteiger partial charge is 0.419 e. The molecule has 2 aromatic rings. The highest BCUT2D eigenvalue weighted by Gasteiger charge is 2.35. The van der Waals surface area contributed by atoms with Crippen LogP contribution in [0.5, 0.6) is 5.75 Å². The molecule has 2 amide bonds. The van der Waals surface area contributed by atoms with E-state index in [9.17, 15) is 22.8 Å². The Balaban J connectivity index is 2.00. The van der Waals surface area contributed by atoms with E-state index in [2.05, 4.69) is 10.6 Å². The van der Waals surface area contributed by atoms with Crippen molar-refractivity contribution in [1.82, 2.24) is 5.32 Å². The molecule has 33 heavy (non-hydrogen) atoms. The molecule has 0 fully saturated rings. The number of benzene rings is 2. The number of amides is 2. The Morgan fingerprint density at radius 1 is 1.09 bits per heavy atom. The molecule has 5 N–H and O–H groups in total. The first-order valence-electron chi connectivity index (χ1n) is 9.87. The number of ether oxygens (including phenoxy) is 2. The Bertz CT molecular complexity index is 994. The number of nitrogens with one attached hydrogen (secondary N) is 3. The third-order valence-electron chi connectivity index (χ3n) is 4.53. The minimum absolute atomic E-state index is 0.0438. The van der Waals surface area contributed by atoms with Crippen molar-refractivity contribution in [3.05, 3.63) is 59.2 Å². The summed E-state index contributed by atoms with van der Waals surface area (Å²) in [7, 11) is 1.41. The number of hydrogen-bond acceptors (Lipinski definition) is 5. The van der Waals surface area contributed by atoms with Crippen LogP contribution in [0.15, 0.2) is 42.5 Å². The first kappa shape index (κ1) is 25.7. The Morgan fingerprint density at radius 2 is 1.76 bits per heavy atom. The van der Waals surface area contributed by atoms with Crippen molar-refractivity contribution < 1.29 is 32.2 Å². The third-order valence-corrected chi connectivity index (χ3v) is 4.53. The van der Waals surface area contributed by atoms with Crippen LogP contribution in [0.25, 0.3) is 0 Å². The zero-order chi connectivity index (χ0) is 24.6. The van der Waals surface area contributed by atoms with Gasteiger partial charge in [-0.3, -0.25) is 15.0 Å². The first-order valence-corrected chi connectivity index (χ1v) is 9.87. The number of methoxy groups -OCH3 is 1. The molecule has 8 nitrogen and oxygen atoms in total. The number of carbonyl (C=O) groups is 2. The van der Waals surface area contributed by atoms with Gasteiger partial charge in [-0.1, -0.05) is 6.07 Å². The molecule has 1 unspecified atom stereocenters. The van der Waals surface area contributed by atoms with E-state index >= 15 is 0 Å². The maximum Gasteiger partial charge on any atom is 0.419 e. The number of alkyl halides is 3. The Kier molecular flexibility index (Phi) is 8.80. The van der Waals surface area contributed by atoms with Crippen LogP contribution in [0.4, 0.5) is 18.9 Å². The number of carbonyl (C=O) groups excluding carboxylic acids is 2. The van der Waals surface area contributed by atoms with E-state index in [0.717, 1.165) is 6.07 Å². The number of rotatable bonds is 10. The fraction of sp³-hybridized carbons (Fsp3) is 0.318. The van der Waals surface area contributed by atoms with E-state index in [1.807, 2.05) is 0 Å². The minimum Gasteiger partial charge on any atom is -0.491 e. The minimum atomic E-state index is -4.65. The molecule has 178 valence electrons. The average molecular weight is 466 g/mol. The van der Waals surface area contributed by atoms with Crippen molar-refractivity contribution in [2.45, 2.75) is 25.6 Å². The molecule has 0 aliphatic carbocycles. The van der Waals surface area contributed by atoms with Crippen molar-refractivity contribution >= 4 is 23.3 Å². The third kappa shape index (κ3) is 7.79. The number of nitrogens with two attached hydrogens (primary N) is 1. The average Bonchev–Trinajstić information content (AvgIpc) is 2.73. The molecule has 0 bridgehead atoms. The van der Waals surface area contributed by atoms with Gasteiger partial charge in [0.05, 0.1) is 18.2 Å². The van der Waals surface area contributed by atoms with Gasteiger partial charge in [-0.05, 0) is 48.9 Å². The molecule has 11 heteroatoms. The van der Waals surface area contributed by atoms with E-state index in [1.165, 1.54) is 38.3 Å². The molecule has 2 aromatic carbocycles. The molecule has 0 spiro atoms. The number of anilines is 1. The monoisotopic (exact) mass is 466 g/mol. The Labute approximate surface area is 188 Å². The largest absolute Gasteiger partial charge is 0.491 e. The second-order valence-corrected chi connectivity index (χ2v) is 7.10. The van der Waals surface area contributed by atoms with Crippen LogP contribution in [-0.2, 0) is 20.5 Å². The summed E-state index contributed by atoms with van der Waals surface area (Å²) in [5.41, 5.74) is 5.48. The lowest BCUT2D eigenvalue weighted by molar-refractivity contribution is -0.139. The van der Waals surface area contributed by atoms with Crippen LogP contribution in [-0.4, -0.2) is 38.0 Å². The van der Waals surface area contributed by atoms with E-state index < -0.39 is 36.0 Å². The topological polar surface area (TPSA) is 127 Å². The molecule has 2 rings (SSSR count). The van der Waals surface area contributed by atoms with Gasteiger partial charge in [0.25, 0.3) is 0 Å². The summed E-state index contributed by atoms with van der Waals surface area (Å²) in [6, 6.07) is 8.88. The quantitative estimate of drug-likeness (QED) is 0.185. The second-order valence-electron chi connectivity index (χ2n) is 7.10. The molecule has 0 aromatic heterocycles. The molecular formula is C22H25F3N4O4. The van der Waals surface area contributed by atoms with Crippen molar-refractivity contribution in [2.24, 2.45) is 5.73 Å². The van der Waals surface area contributed by atoms with Crippen molar-refractivity contribution in [1.29, 1.82) is 5.41 Å². The maximum absolute atomic E-state index is 13.4. The van der Waals surface area contributed by atoms with Gasteiger partial charge in [0.2, 0.25) is 11.8 Å². The van der Waals surface area contributed by atoms with Crippen LogP contribution >= 0.6 is 0 Å². The number of nitrogen functional groups attached to an aromatic ring is 1. The second kappa shape index (κ2) is 11.3. The van der Waals surface area contributed by atoms with Crippen LogP contribution in [0.1, 0.15) is 36.1 Å². The van der Waals surface area contributed by atoms with Crippen molar-refractivity contribution in [2.75, 3.05) is 25.6 Å². The van der Waals surface area contributed by atoms with Gasteiger partial charge in [0.15, 0.2) is 0 Å². The lowest BCUT2D eigenvalue weighted by Crippen LogP contribution is -2.30. The van der Waals surface area contributed by atoms with Gasteiger partial charge in [0.1, 0.15) is 24.6 Å². The molecule has 0 heterocycles. The molecule has 0 aliphatic heterocycles. The van der Waals surface area contributed by atoms with Crippen LogP contribution in [0, 0.1) is 5.41 Å². The fourth-order valence-electron chi connectivity index (χ4n) is 2.86. The van der Waals surface area contributed by atoms with Gasteiger partial charge in [-0.25, -0.2) is 0 Å². The van der Waals surface area contributed by atoms with Gasteiger partial charge < -0.3 is 25.8 Å². The Morgan fingerprint density at radius 3 is 2.33 bits per heavy atom. The maximum atomic E-state index is 13.4. The summed E-state index contributed by atoms with van der Waals surface area (Å²) < 4.78 is 50.2. The van der Waals surface area contributed by atoms with Gasteiger partial charge in [0, 0.05) is 18.4 Å². The van der Waals surface area contributed by atoms with E-state index in [4.69, 9.17) is 20.6 Å². The van der Waals surface area contributed by atoms with Crippen LogP contribution in [0.2, 0.25) is 0 Å². The highest BCUT2D eigenvalue weighted by atomic mass is 19.4. The van der Waals surface area contributed by atoms with Crippen molar-refractivity contribution in [3.8, 4) is 5.75 Å². The lowest BCUT2D eigenvalue weighted by Gasteiger charge is -2.19. The predicted molar refractivity (Wildman–Crippen MR) is 116 cm³/mol. The normalized spacial score (nSPS) is 12.0. The number of hydrogen-bond donors (Lipinski definition) is 4. The summed E-state index contributed by atoms with van der Waals surface area (Å²) >= 11 is 0. The van der Waals surface area contributed by atoms with E-state index in [-0.39, 0.29) is 30.4 Å². The zero-order valence-corrected chi connectivity index (χ0v) is 18.1. The molecule has 0 aliphatic rings. The number of amidine groups is 1. The zero-order valence-electron chi connectivity index (χ0n) is 18.1. The predicted octanol–water partition coefficient (Wildman–Crippen LogP) is 3.22. The summed E-state index contributed by atoms with van der Waals surface area (Å²) in [5, 5.41) is 12.4. The molecular weight excluding hydrogens is 441 g/mol. The van der Waals surface area contributed by atoms with Crippen LogP contribution < -0.4 is 21.1 Å². The lowest BCUT2D eigenvalue weighted by atomic mass is 10.0. The van der Waals surface area contributed by atoms with Crippen molar-refractivity contribution in [3.63, 3.8) is 0 Å². The summed E-state index contributed by atoms with van der Waals surface area (Å²) in [6.45, 7) is 1.60. The van der Waals surface area contributed by atoms with Gasteiger partial charge >= 0.3 is 6.18 Å². The molecule has 0 saturated heterocycles. The summed E-state index contributed by atoms with van der Waals surface area (Å²) in [6.07, 6.45) is -5.18. The summed E-state index contributed by atoms with van der Waals surface area (Å²) in [5.74, 6) is -1.72. The molecule has 0 radical (unpaired) electrons. The summed E-state index contributed by atoms with van der Waals surface area (Å²) in [4.78, 5) is 24.3. The first-order chi connectivity index (χ1) is 15.5. The highest BCUT2D eigenvalue weighted by molar-refractivity contribution is 6.04. The SMILES string of the molecule is COCCOc1ccc(C(C)NC(=O)CC(=O)Nc2ccc(C(=N)N)cc2)cc1C(F)(F)F. The molecule has 1 atom stereocenters. The fourth-order valence-corrected chi connectivity index (χ4v) is 2.86.